The molecule has 2 aromatic rings. The predicted molar refractivity (Wildman–Crippen MR) is 78.5 cm³/mol. The van der Waals surface area contributed by atoms with E-state index in [9.17, 15) is 4.39 Å². The van der Waals surface area contributed by atoms with Crippen LogP contribution in [0.15, 0.2) is 24.4 Å². The normalized spacial score (nSPS) is 16.7. The lowest BCUT2D eigenvalue weighted by Crippen LogP contribution is -1.99. The first-order valence-corrected chi connectivity index (χ1v) is 7.19. The molecule has 2 N–H and O–H groups in total. The van der Waals surface area contributed by atoms with E-state index in [1.807, 2.05) is 26.1 Å². The number of aromatic nitrogens is 2. The summed E-state index contributed by atoms with van der Waals surface area (Å²) in [4.78, 5) is 6.08. The fourth-order valence-corrected chi connectivity index (χ4v) is 2.84. The molecule has 4 heteroatoms. The molecule has 1 atom stereocenters. The molecule has 0 saturated carbocycles. The van der Waals surface area contributed by atoms with Gasteiger partial charge in [-0.25, -0.2) is 4.39 Å². The highest BCUT2D eigenvalue weighted by Gasteiger charge is 2.25. The Hall–Kier alpha value is -1.42. The lowest BCUT2D eigenvalue weighted by atomic mass is 9.96. The Labute approximate surface area is 118 Å². The van der Waals surface area contributed by atoms with Crippen molar-refractivity contribution in [2.75, 3.05) is 0 Å². The van der Waals surface area contributed by atoms with Crippen molar-refractivity contribution in [2.24, 2.45) is 0 Å². The highest BCUT2D eigenvalue weighted by Crippen LogP contribution is 2.36. The Balaban J connectivity index is 0.000000637. The molecular formula is C15H19FN2S. The number of imidazole rings is 1. The maximum atomic E-state index is 13.6. The van der Waals surface area contributed by atoms with Gasteiger partial charge in [-0.15, -0.1) is 0 Å². The summed E-state index contributed by atoms with van der Waals surface area (Å²) in [6, 6.07) is 5.38. The van der Waals surface area contributed by atoms with Crippen molar-refractivity contribution in [3.8, 4) is 0 Å². The average Bonchev–Trinajstić information content (AvgIpc) is 3.01. The largest absolute Gasteiger partial charge is 0.337 e. The fourth-order valence-electron chi connectivity index (χ4n) is 2.65. The number of benzene rings is 1. The molecule has 0 spiro atoms. The first-order chi connectivity index (χ1) is 9.24. The third-order valence-electron chi connectivity index (χ3n) is 3.46. The molecule has 0 amide bonds. The van der Waals surface area contributed by atoms with E-state index in [1.54, 1.807) is 12.1 Å². The zero-order valence-corrected chi connectivity index (χ0v) is 12.1. The molecule has 1 unspecified atom stereocenters. The van der Waals surface area contributed by atoms with Crippen LogP contribution >= 0.6 is 12.2 Å². The fraction of sp³-hybridized carbons (Fsp3) is 0.400. The number of hydrogen-bond donors (Lipinski definition) is 2. The van der Waals surface area contributed by atoms with Gasteiger partial charge >= 0.3 is 0 Å². The van der Waals surface area contributed by atoms with Crippen LogP contribution in [0.3, 0.4) is 0 Å². The Kier molecular flexibility index (Phi) is 4.53. The van der Waals surface area contributed by atoms with Crippen molar-refractivity contribution < 1.29 is 4.39 Å². The Bertz CT molecular complexity index is 600. The van der Waals surface area contributed by atoms with Crippen LogP contribution in [0.1, 0.15) is 43.0 Å². The molecule has 102 valence electrons. The van der Waals surface area contributed by atoms with Gasteiger partial charge < -0.3 is 9.97 Å². The van der Waals surface area contributed by atoms with Gasteiger partial charge in [0.1, 0.15) is 5.82 Å². The maximum Gasteiger partial charge on any atom is 0.174 e. The van der Waals surface area contributed by atoms with Crippen molar-refractivity contribution >= 4 is 12.2 Å². The number of hydrogen-bond acceptors (Lipinski definition) is 1. The summed E-state index contributed by atoms with van der Waals surface area (Å²) >= 11 is 5.00. The van der Waals surface area contributed by atoms with Crippen LogP contribution in [-0.2, 0) is 12.8 Å². The van der Waals surface area contributed by atoms with E-state index in [0.29, 0.717) is 10.7 Å². The number of aromatic amines is 2. The molecule has 0 saturated heterocycles. The SMILES string of the molecule is CC.Fc1cccc2c1CCC2Cc1c[nH]c(=S)[nH]1. The molecule has 2 nitrogen and oxygen atoms in total. The summed E-state index contributed by atoms with van der Waals surface area (Å²) in [5.74, 6) is 0.342. The molecule has 1 aliphatic rings. The lowest BCUT2D eigenvalue weighted by Gasteiger charge is -2.09. The van der Waals surface area contributed by atoms with E-state index < -0.39 is 0 Å². The van der Waals surface area contributed by atoms with E-state index in [2.05, 4.69) is 9.97 Å². The topological polar surface area (TPSA) is 31.6 Å². The van der Waals surface area contributed by atoms with Gasteiger partial charge in [0.15, 0.2) is 4.77 Å². The van der Waals surface area contributed by atoms with Crippen LogP contribution < -0.4 is 0 Å². The Morgan fingerprint density at radius 2 is 2.16 bits per heavy atom. The van der Waals surface area contributed by atoms with Crippen LogP contribution in [0.4, 0.5) is 4.39 Å². The van der Waals surface area contributed by atoms with Gasteiger partial charge in [0.05, 0.1) is 0 Å². The molecule has 1 aliphatic carbocycles. The summed E-state index contributed by atoms with van der Waals surface area (Å²) < 4.78 is 14.2. The molecule has 0 fully saturated rings. The minimum atomic E-state index is -0.0630. The highest BCUT2D eigenvalue weighted by atomic mass is 32.1. The highest BCUT2D eigenvalue weighted by molar-refractivity contribution is 7.71. The van der Waals surface area contributed by atoms with E-state index in [1.165, 1.54) is 0 Å². The van der Waals surface area contributed by atoms with Crippen LogP contribution in [0.5, 0.6) is 0 Å². The standard InChI is InChI=1S/C13H13FN2S.C2H6/c14-12-3-1-2-10-8(4-5-11(10)12)6-9-7-15-13(17)16-9;1-2/h1-3,7-8H,4-6H2,(H2,15,16,17);1-2H3. The number of rotatable bonds is 2. The van der Waals surface area contributed by atoms with E-state index in [-0.39, 0.29) is 5.82 Å². The molecule has 1 aromatic carbocycles. The zero-order valence-electron chi connectivity index (χ0n) is 11.3. The molecule has 1 aromatic heterocycles. The first-order valence-electron chi connectivity index (χ1n) is 6.78. The molecule has 0 radical (unpaired) electrons. The van der Waals surface area contributed by atoms with E-state index >= 15 is 0 Å². The van der Waals surface area contributed by atoms with Crippen LogP contribution in [-0.4, -0.2) is 9.97 Å². The van der Waals surface area contributed by atoms with Gasteiger partial charge in [0, 0.05) is 11.9 Å². The molecule has 19 heavy (non-hydrogen) atoms. The Morgan fingerprint density at radius 3 is 2.84 bits per heavy atom. The van der Waals surface area contributed by atoms with Gasteiger partial charge in [0.2, 0.25) is 0 Å². The average molecular weight is 278 g/mol. The number of fused-ring (bicyclic) bond motifs is 1. The first kappa shape index (κ1) is 14.0. The van der Waals surface area contributed by atoms with Gasteiger partial charge in [-0.1, -0.05) is 26.0 Å². The van der Waals surface area contributed by atoms with Crippen molar-refractivity contribution in [3.05, 3.63) is 51.8 Å². The minimum absolute atomic E-state index is 0.0630. The van der Waals surface area contributed by atoms with Gasteiger partial charge in [-0.05, 0) is 54.6 Å². The van der Waals surface area contributed by atoms with Crippen molar-refractivity contribution in [2.45, 2.75) is 39.0 Å². The maximum absolute atomic E-state index is 13.6. The van der Waals surface area contributed by atoms with Gasteiger partial charge in [-0.2, -0.15) is 0 Å². The van der Waals surface area contributed by atoms with Gasteiger partial charge in [0.25, 0.3) is 0 Å². The molecule has 3 rings (SSSR count). The number of H-pyrrole nitrogens is 2. The third kappa shape index (κ3) is 2.95. The predicted octanol–water partition coefficient (Wildman–Crippen LogP) is 4.51. The van der Waals surface area contributed by atoms with Crippen molar-refractivity contribution in [1.29, 1.82) is 0 Å². The zero-order chi connectivity index (χ0) is 13.8. The summed E-state index contributed by atoms with van der Waals surface area (Å²) in [5.41, 5.74) is 3.15. The second-order valence-electron chi connectivity index (χ2n) is 4.52. The van der Waals surface area contributed by atoms with Crippen LogP contribution in [0.25, 0.3) is 0 Å². The smallest absolute Gasteiger partial charge is 0.174 e. The summed E-state index contributed by atoms with van der Waals surface area (Å²) in [6.45, 7) is 4.00. The molecular weight excluding hydrogens is 259 g/mol. The second-order valence-corrected chi connectivity index (χ2v) is 4.92. The summed E-state index contributed by atoms with van der Waals surface area (Å²) in [5, 5.41) is 0. The van der Waals surface area contributed by atoms with Crippen molar-refractivity contribution in [3.63, 3.8) is 0 Å². The second kappa shape index (κ2) is 6.15. The summed E-state index contributed by atoms with van der Waals surface area (Å²) in [7, 11) is 0. The number of halogens is 1. The van der Waals surface area contributed by atoms with Crippen molar-refractivity contribution in [1.82, 2.24) is 9.97 Å². The number of nitrogens with one attached hydrogen (secondary N) is 2. The van der Waals surface area contributed by atoms with Crippen LogP contribution in [0.2, 0.25) is 0 Å². The molecule has 0 bridgehead atoms. The lowest BCUT2D eigenvalue weighted by molar-refractivity contribution is 0.612. The molecule has 1 heterocycles. The molecule has 0 aliphatic heterocycles. The minimum Gasteiger partial charge on any atom is -0.337 e. The van der Waals surface area contributed by atoms with E-state index in [4.69, 9.17) is 12.2 Å². The van der Waals surface area contributed by atoms with Gasteiger partial charge in [-0.3, -0.25) is 0 Å². The van der Waals surface area contributed by atoms with E-state index in [0.717, 1.165) is 36.1 Å². The monoisotopic (exact) mass is 278 g/mol. The third-order valence-corrected chi connectivity index (χ3v) is 3.68. The summed E-state index contributed by atoms with van der Waals surface area (Å²) in [6.07, 6.45) is 4.66. The Morgan fingerprint density at radius 1 is 1.37 bits per heavy atom. The van der Waals surface area contributed by atoms with Crippen LogP contribution in [0, 0.1) is 10.6 Å². The quantitative estimate of drug-likeness (QED) is 0.778.